The van der Waals surface area contributed by atoms with Gasteiger partial charge in [0.25, 0.3) is 0 Å². The number of aryl methyl sites for hydroxylation is 1. The van der Waals surface area contributed by atoms with Crippen molar-refractivity contribution in [2.24, 2.45) is 5.73 Å². The van der Waals surface area contributed by atoms with Gasteiger partial charge in [0.2, 0.25) is 0 Å². The molecule has 3 nitrogen and oxygen atoms in total. The summed E-state index contributed by atoms with van der Waals surface area (Å²) in [5.41, 5.74) is 9.65. The van der Waals surface area contributed by atoms with Crippen LogP contribution in [0.1, 0.15) is 35.3 Å². The van der Waals surface area contributed by atoms with Gasteiger partial charge in [0.15, 0.2) is 0 Å². The summed E-state index contributed by atoms with van der Waals surface area (Å²) >= 11 is 0. The number of nitrogens with zero attached hydrogens (tertiary/aromatic N) is 1. The number of hydrogen-bond acceptors (Lipinski definition) is 3. The Morgan fingerprint density at radius 2 is 2.22 bits per heavy atom. The Bertz CT molecular complexity index is 554. The van der Waals surface area contributed by atoms with E-state index >= 15 is 0 Å². The Labute approximate surface area is 107 Å². The normalized spacial score (nSPS) is 22.1. The molecule has 0 saturated heterocycles. The molecule has 2 atom stereocenters. The van der Waals surface area contributed by atoms with Crippen LogP contribution in [0.3, 0.4) is 0 Å². The van der Waals surface area contributed by atoms with E-state index in [1.54, 1.807) is 6.20 Å². The highest BCUT2D eigenvalue weighted by Gasteiger charge is 2.27. The van der Waals surface area contributed by atoms with Gasteiger partial charge in [-0.05, 0) is 19.1 Å². The first-order chi connectivity index (χ1) is 8.74. The molecule has 0 fully saturated rings. The zero-order chi connectivity index (χ0) is 12.5. The second kappa shape index (κ2) is 4.42. The maximum atomic E-state index is 6.24. The fraction of sp³-hybridized carbons (Fsp3) is 0.267. The lowest BCUT2D eigenvalue weighted by Gasteiger charge is -2.30. The lowest BCUT2D eigenvalue weighted by atomic mass is 9.93. The van der Waals surface area contributed by atoms with E-state index in [2.05, 4.69) is 24.0 Å². The molecule has 1 aliphatic rings. The molecule has 0 spiro atoms. The van der Waals surface area contributed by atoms with Crippen molar-refractivity contribution in [1.82, 2.24) is 4.98 Å². The number of ether oxygens (including phenoxy) is 1. The zero-order valence-corrected chi connectivity index (χ0v) is 10.3. The first kappa shape index (κ1) is 11.2. The largest absolute Gasteiger partial charge is 0.485 e. The van der Waals surface area contributed by atoms with E-state index in [0.717, 1.165) is 23.3 Å². The molecular formula is C15H16N2O. The second-order valence-corrected chi connectivity index (χ2v) is 4.78. The van der Waals surface area contributed by atoms with Crippen molar-refractivity contribution in [2.75, 3.05) is 0 Å². The maximum absolute atomic E-state index is 6.24. The molecule has 3 rings (SSSR count). The Kier molecular flexibility index (Phi) is 2.76. The van der Waals surface area contributed by atoms with Gasteiger partial charge in [-0.2, -0.15) is 0 Å². The smallest absolute Gasteiger partial charge is 0.127 e. The summed E-state index contributed by atoms with van der Waals surface area (Å²) in [5, 5.41) is 0. The number of aromatic nitrogens is 1. The molecule has 2 heterocycles. The lowest BCUT2D eigenvalue weighted by molar-refractivity contribution is 0.161. The highest BCUT2D eigenvalue weighted by atomic mass is 16.5. The maximum Gasteiger partial charge on any atom is 0.127 e. The Hall–Kier alpha value is -1.87. The zero-order valence-electron chi connectivity index (χ0n) is 10.3. The number of rotatable bonds is 1. The topological polar surface area (TPSA) is 48.1 Å². The lowest BCUT2D eigenvalue weighted by Crippen LogP contribution is -2.24. The molecule has 92 valence electrons. The van der Waals surface area contributed by atoms with Crippen LogP contribution in [0, 0.1) is 6.92 Å². The second-order valence-electron chi connectivity index (χ2n) is 4.78. The number of fused-ring (bicyclic) bond motifs is 1. The molecule has 3 heteroatoms. The minimum atomic E-state index is 0.00362. The summed E-state index contributed by atoms with van der Waals surface area (Å²) in [6.07, 6.45) is 4.41. The Balaban J connectivity index is 1.95. The fourth-order valence-electron chi connectivity index (χ4n) is 2.39. The third-order valence-electron chi connectivity index (χ3n) is 3.36. The van der Waals surface area contributed by atoms with Crippen molar-refractivity contribution in [3.8, 4) is 5.75 Å². The number of pyridine rings is 1. The van der Waals surface area contributed by atoms with Crippen molar-refractivity contribution in [3.63, 3.8) is 0 Å². The summed E-state index contributed by atoms with van der Waals surface area (Å²) in [6, 6.07) is 10.2. The predicted octanol–water partition coefficient (Wildman–Crippen LogP) is 2.91. The van der Waals surface area contributed by atoms with Crippen LogP contribution >= 0.6 is 0 Å². The average Bonchev–Trinajstić information content (AvgIpc) is 2.40. The molecule has 18 heavy (non-hydrogen) atoms. The number of nitrogens with two attached hydrogens (primary N) is 1. The highest BCUT2D eigenvalue weighted by Crippen LogP contribution is 2.39. The predicted molar refractivity (Wildman–Crippen MR) is 70.3 cm³/mol. The minimum absolute atomic E-state index is 0.00362. The van der Waals surface area contributed by atoms with Crippen LogP contribution in [0.2, 0.25) is 0 Å². The first-order valence-corrected chi connectivity index (χ1v) is 6.17. The number of hydrogen-bond donors (Lipinski definition) is 1. The van der Waals surface area contributed by atoms with Crippen LogP contribution in [0.15, 0.2) is 42.7 Å². The minimum Gasteiger partial charge on any atom is -0.485 e. The van der Waals surface area contributed by atoms with Gasteiger partial charge in [-0.3, -0.25) is 4.98 Å². The Morgan fingerprint density at radius 1 is 1.33 bits per heavy atom. The summed E-state index contributed by atoms with van der Waals surface area (Å²) in [4.78, 5) is 4.13. The van der Waals surface area contributed by atoms with Crippen molar-refractivity contribution in [2.45, 2.75) is 25.5 Å². The standard InChI is InChI=1S/C15H16N2O/c1-10-4-5-14-12(7-10)13(16)8-15(18-14)11-3-2-6-17-9-11/h2-7,9,13,15H,8,16H2,1H3/t13-,15?/m0/s1. The average molecular weight is 240 g/mol. The van der Waals surface area contributed by atoms with E-state index in [1.807, 2.05) is 24.4 Å². The van der Waals surface area contributed by atoms with E-state index < -0.39 is 0 Å². The summed E-state index contributed by atoms with van der Waals surface area (Å²) in [5.74, 6) is 0.896. The van der Waals surface area contributed by atoms with Crippen molar-refractivity contribution in [3.05, 3.63) is 59.4 Å². The van der Waals surface area contributed by atoms with Gasteiger partial charge in [0.05, 0.1) is 0 Å². The van der Waals surface area contributed by atoms with Gasteiger partial charge >= 0.3 is 0 Å². The van der Waals surface area contributed by atoms with Gasteiger partial charge in [0, 0.05) is 36.0 Å². The molecule has 0 amide bonds. The third kappa shape index (κ3) is 1.97. The Morgan fingerprint density at radius 3 is 3.00 bits per heavy atom. The first-order valence-electron chi connectivity index (χ1n) is 6.17. The van der Waals surface area contributed by atoms with E-state index in [-0.39, 0.29) is 12.1 Å². The van der Waals surface area contributed by atoms with Gasteiger partial charge in [-0.1, -0.05) is 23.8 Å². The molecule has 1 aromatic heterocycles. The molecule has 0 saturated carbocycles. The molecule has 1 aromatic carbocycles. The van der Waals surface area contributed by atoms with E-state index in [9.17, 15) is 0 Å². The van der Waals surface area contributed by atoms with E-state index in [4.69, 9.17) is 10.5 Å². The van der Waals surface area contributed by atoms with Crippen LogP contribution in [-0.4, -0.2) is 4.98 Å². The summed E-state index contributed by atoms with van der Waals surface area (Å²) < 4.78 is 6.02. The molecule has 1 aliphatic heterocycles. The van der Waals surface area contributed by atoms with Crippen molar-refractivity contribution < 1.29 is 4.74 Å². The monoisotopic (exact) mass is 240 g/mol. The number of benzene rings is 1. The van der Waals surface area contributed by atoms with Gasteiger partial charge in [0.1, 0.15) is 11.9 Å². The summed E-state index contributed by atoms with van der Waals surface area (Å²) in [7, 11) is 0. The van der Waals surface area contributed by atoms with E-state index in [1.165, 1.54) is 5.56 Å². The van der Waals surface area contributed by atoms with E-state index in [0.29, 0.717) is 0 Å². The van der Waals surface area contributed by atoms with Gasteiger partial charge in [-0.25, -0.2) is 0 Å². The molecule has 2 N–H and O–H groups in total. The van der Waals surface area contributed by atoms with Gasteiger partial charge in [-0.15, -0.1) is 0 Å². The highest BCUT2D eigenvalue weighted by molar-refractivity contribution is 5.41. The van der Waals surface area contributed by atoms with Gasteiger partial charge < -0.3 is 10.5 Å². The molecular weight excluding hydrogens is 224 g/mol. The van der Waals surface area contributed by atoms with Crippen molar-refractivity contribution in [1.29, 1.82) is 0 Å². The fourth-order valence-corrected chi connectivity index (χ4v) is 2.39. The third-order valence-corrected chi connectivity index (χ3v) is 3.36. The molecule has 1 unspecified atom stereocenters. The molecule has 0 bridgehead atoms. The van der Waals surface area contributed by atoms with Crippen LogP contribution in [0.5, 0.6) is 5.75 Å². The van der Waals surface area contributed by atoms with Crippen molar-refractivity contribution >= 4 is 0 Å². The van der Waals surface area contributed by atoms with Crippen LogP contribution in [0.4, 0.5) is 0 Å². The van der Waals surface area contributed by atoms with Crippen LogP contribution in [-0.2, 0) is 0 Å². The molecule has 0 radical (unpaired) electrons. The van der Waals surface area contributed by atoms with Crippen LogP contribution in [0.25, 0.3) is 0 Å². The quantitative estimate of drug-likeness (QED) is 0.833. The SMILES string of the molecule is Cc1ccc2c(c1)[C@@H](N)CC(c1cccnc1)O2. The molecule has 2 aromatic rings. The summed E-state index contributed by atoms with van der Waals surface area (Å²) in [6.45, 7) is 2.07. The van der Waals surface area contributed by atoms with Crippen LogP contribution < -0.4 is 10.5 Å². The molecule has 0 aliphatic carbocycles.